The van der Waals surface area contributed by atoms with E-state index in [2.05, 4.69) is 10.3 Å². The number of methoxy groups -OCH3 is 1. The monoisotopic (exact) mass is 413 g/mol. The standard InChI is InChI=1S/C21H20ClN3O4/c1-25-8-7-23-20(25)18(13-3-5-15(27-2)6-4-13)24-21(26)14-11-16(22)19-17(12-14)28-9-10-29-19/h3-8,11-12,18H,9-10H2,1-2H3,(H,24,26)/t18-/m1/s1. The highest BCUT2D eigenvalue weighted by atomic mass is 35.5. The molecule has 1 aliphatic heterocycles. The maximum Gasteiger partial charge on any atom is 0.252 e. The normalized spacial score (nSPS) is 13.6. The maximum atomic E-state index is 13.1. The minimum absolute atomic E-state index is 0.298. The Morgan fingerprint density at radius 1 is 1.24 bits per heavy atom. The van der Waals surface area contributed by atoms with E-state index < -0.39 is 6.04 Å². The number of fused-ring (bicyclic) bond motifs is 1. The second-order valence-corrected chi connectivity index (χ2v) is 6.97. The van der Waals surface area contributed by atoms with Crippen molar-refractivity contribution in [3.05, 3.63) is 70.8 Å². The molecule has 29 heavy (non-hydrogen) atoms. The lowest BCUT2D eigenvalue weighted by Crippen LogP contribution is -2.31. The predicted molar refractivity (Wildman–Crippen MR) is 108 cm³/mol. The van der Waals surface area contributed by atoms with E-state index in [1.54, 1.807) is 25.4 Å². The maximum absolute atomic E-state index is 13.1. The van der Waals surface area contributed by atoms with Crippen LogP contribution in [0.2, 0.25) is 5.02 Å². The number of imidazole rings is 1. The van der Waals surface area contributed by atoms with E-state index in [-0.39, 0.29) is 5.91 Å². The zero-order valence-electron chi connectivity index (χ0n) is 16.0. The Kier molecular flexibility index (Phi) is 5.31. The van der Waals surface area contributed by atoms with E-state index in [1.165, 1.54) is 0 Å². The number of nitrogens with one attached hydrogen (secondary N) is 1. The summed E-state index contributed by atoms with van der Waals surface area (Å²) in [5, 5.41) is 3.38. The number of ether oxygens (including phenoxy) is 3. The van der Waals surface area contributed by atoms with E-state index in [0.717, 1.165) is 11.3 Å². The molecule has 150 valence electrons. The molecule has 0 spiro atoms. The van der Waals surface area contributed by atoms with E-state index in [1.807, 2.05) is 42.1 Å². The smallest absolute Gasteiger partial charge is 0.252 e. The number of hydrogen-bond donors (Lipinski definition) is 1. The molecule has 8 heteroatoms. The molecule has 1 amide bonds. The van der Waals surface area contributed by atoms with Crippen molar-refractivity contribution in [2.75, 3.05) is 20.3 Å². The zero-order chi connectivity index (χ0) is 20.4. The Bertz CT molecular complexity index is 1030. The number of rotatable bonds is 5. The summed E-state index contributed by atoms with van der Waals surface area (Å²) >= 11 is 6.29. The second kappa shape index (κ2) is 8.05. The number of hydrogen-bond acceptors (Lipinski definition) is 5. The summed E-state index contributed by atoms with van der Waals surface area (Å²) < 4.78 is 18.2. The van der Waals surface area contributed by atoms with Crippen molar-refractivity contribution >= 4 is 17.5 Å². The molecular weight excluding hydrogens is 394 g/mol. The first-order valence-corrected chi connectivity index (χ1v) is 9.46. The van der Waals surface area contributed by atoms with E-state index >= 15 is 0 Å². The number of aryl methyl sites for hydroxylation is 1. The molecule has 0 aliphatic carbocycles. The molecule has 7 nitrogen and oxygen atoms in total. The number of amides is 1. The average molecular weight is 414 g/mol. The Balaban J connectivity index is 1.66. The van der Waals surface area contributed by atoms with Gasteiger partial charge in [0.25, 0.3) is 5.91 Å². The van der Waals surface area contributed by atoms with Gasteiger partial charge in [-0.05, 0) is 29.8 Å². The van der Waals surface area contributed by atoms with E-state index in [4.69, 9.17) is 25.8 Å². The fourth-order valence-corrected chi connectivity index (χ4v) is 3.47. The van der Waals surface area contributed by atoms with Crippen molar-refractivity contribution in [2.45, 2.75) is 6.04 Å². The molecule has 1 N–H and O–H groups in total. The molecule has 4 rings (SSSR count). The highest BCUT2D eigenvalue weighted by Crippen LogP contribution is 2.38. The molecule has 0 saturated heterocycles. The van der Waals surface area contributed by atoms with Crippen molar-refractivity contribution in [2.24, 2.45) is 7.05 Å². The first kappa shape index (κ1) is 19.1. The minimum atomic E-state index is -0.458. The molecule has 2 heterocycles. The van der Waals surface area contributed by atoms with Crippen LogP contribution in [-0.4, -0.2) is 35.8 Å². The van der Waals surface area contributed by atoms with Crippen LogP contribution in [0.25, 0.3) is 0 Å². The highest BCUT2D eigenvalue weighted by Gasteiger charge is 2.24. The quantitative estimate of drug-likeness (QED) is 0.694. The average Bonchev–Trinajstić information content (AvgIpc) is 3.17. The van der Waals surface area contributed by atoms with Gasteiger partial charge in [0.1, 0.15) is 30.8 Å². The molecular formula is C21H20ClN3O4. The summed E-state index contributed by atoms with van der Waals surface area (Å²) in [5.74, 6) is 2.06. The van der Waals surface area contributed by atoms with Crippen molar-refractivity contribution in [3.8, 4) is 17.2 Å². The fourth-order valence-electron chi connectivity index (χ4n) is 3.20. The van der Waals surface area contributed by atoms with Crippen LogP contribution in [0.4, 0.5) is 0 Å². The molecule has 1 atom stereocenters. The summed E-state index contributed by atoms with van der Waals surface area (Å²) in [5.41, 5.74) is 1.25. The second-order valence-electron chi connectivity index (χ2n) is 6.56. The summed E-state index contributed by atoms with van der Waals surface area (Å²) in [6.07, 6.45) is 3.53. The molecule has 2 aromatic carbocycles. The van der Waals surface area contributed by atoms with Gasteiger partial charge in [0.2, 0.25) is 0 Å². The molecule has 1 aromatic heterocycles. The largest absolute Gasteiger partial charge is 0.497 e. The van der Waals surface area contributed by atoms with Gasteiger partial charge in [0.05, 0.1) is 12.1 Å². The fraction of sp³-hybridized carbons (Fsp3) is 0.238. The molecule has 0 fully saturated rings. The van der Waals surface area contributed by atoms with Crippen LogP contribution in [0.5, 0.6) is 17.2 Å². The number of benzene rings is 2. The number of halogens is 1. The summed E-state index contributed by atoms with van der Waals surface area (Å²) in [7, 11) is 3.49. The van der Waals surface area contributed by atoms with E-state index in [9.17, 15) is 4.79 Å². The molecule has 0 unspecified atom stereocenters. The van der Waals surface area contributed by atoms with Crippen molar-refractivity contribution in [1.82, 2.24) is 14.9 Å². The number of carbonyl (C=O) groups excluding carboxylic acids is 1. The highest BCUT2D eigenvalue weighted by molar-refractivity contribution is 6.32. The van der Waals surface area contributed by atoms with Gasteiger partial charge in [0.15, 0.2) is 11.5 Å². The van der Waals surface area contributed by atoms with Gasteiger partial charge >= 0.3 is 0 Å². The van der Waals surface area contributed by atoms with Crippen LogP contribution in [0.1, 0.15) is 27.8 Å². The summed E-state index contributed by atoms with van der Waals surface area (Å²) in [6.45, 7) is 0.840. The Hall–Kier alpha value is -3.19. The van der Waals surface area contributed by atoms with Crippen molar-refractivity contribution in [1.29, 1.82) is 0 Å². The lowest BCUT2D eigenvalue weighted by molar-refractivity contribution is 0.0940. The molecule has 0 saturated carbocycles. The first-order valence-electron chi connectivity index (χ1n) is 9.08. The van der Waals surface area contributed by atoms with Crippen LogP contribution in [0, 0.1) is 0 Å². The van der Waals surface area contributed by atoms with Gasteiger partial charge < -0.3 is 24.1 Å². The molecule has 0 radical (unpaired) electrons. The Morgan fingerprint density at radius 3 is 2.69 bits per heavy atom. The van der Waals surface area contributed by atoms with Crippen molar-refractivity contribution < 1.29 is 19.0 Å². The van der Waals surface area contributed by atoms with Crippen LogP contribution < -0.4 is 19.5 Å². The Labute approximate surface area is 173 Å². The van der Waals surface area contributed by atoms with Gasteiger partial charge in [-0.3, -0.25) is 4.79 Å². The van der Waals surface area contributed by atoms with Gasteiger partial charge in [-0.25, -0.2) is 4.98 Å². The summed E-state index contributed by atoms with van der Waals surface area (Å²) in [6, 6.07) is 10.2. The Morgan fingerprint density at radius 2 is 2.00 bits per heavy atom. The van der Waals surface area contributed by atoms with Crippen LogP contribution in [0.3, 0.4) is 0 Å². The SMILES string of the molecule is COc1ccc([C@@H](NC(=O)c2cc(Cl)c3c(c2)OCCO3)c2nccn2C)cc1. The van der Waals surface area contributed by atoms with Crippen LogP contribution in [0.15, 0.2) is 48.8 Å². The molecule has 3 aromatic rings. The third-order valence-electron chi connectivity index (χ3n) is 4.70. The number of carbonyl (C=O) groups is 1. The summed E-state index contributed by atoms with van der Waals surface area (Å²) in [4.78, 5) is 17.5. The number of aromatic nitrogens is 2. The van der Waals surface area contributed by atoms with Gasteiger partial charge in [-0.1, -0.05) is 23.7 Å². The van der Waals surface area contributed by atoms with E-state index in [0.29, 0.717) is 41.1 Å². The topological polar surface area (TPSA) is 74.6 Å². The molecule has 1 aliphatic rings. The first-order chi connectivity index (χ1) is 14.1. The predicted octanol–water partition coefficient (Wildman–Crippen LogP) is 3.37. The van der Waals surface area contributed by atoms with Crippen molar-refractivity contribution in [3.63, 3.8) is 0 Å². The van der Waals surface area contributed by atoms with Gasteiger partial charge in [0, 0.05) is 25.0 Å². The van der Waals surface area contributed by atoms with Gasteiger partial charge in [-0.15, -0.1) is 0 Å². The van der Waals surface area contributed by atoms with Crippen LogP contribution >= 0.6 is 11.6 Å². The zero-order valence-corrected chi connectivity index (χ0v) is 16.8. The third kappa shape index (κ3) is 3.86. The number of nitrogens with zero attached hydrogens (tertiary/aromatic N) is 2. The van der Waals surface area contributed by atoms with Gasteiger partial charge in [-0.2, -0.15) is 0 Å². The third-order valence-corrected chi connectivity index (χ3v) is 4.98. The lowest BCUT2D eigenvalue weighted by atomic mass is 10.0. The minimum Gasteiger partial charge on any atom is -0.497 e. The van der Waals surface area contributed by atoms with Crippen LogP contribution in [-0.2, 0) is 7.05 Å². The lowest BCUT2D eigenvalue weighted by Gasteiger charge is -2.22. The molecule has 0 bridgehead atoms.